The molecule has 1 saturated heterocycles. The number of likely N-dealkylation sites (tertiary alicyclic amines) is 1. The van der Waals surface area contributed by atoms with Crippen LogP contribution < -0.4 is 5.32 Å². The van der Waals surface area contributed by atoms with Gasteiger partial charge < -0.3 is 10.2 Å². The molecule has 2 amide bonds. The van der Waals surface area contributed by atoms with Gasteiger partial charge in [0.05, 0.1) is 6.54 Å². The first kappa shape index (κ1) is 16.0. The number of amides is 2. The van der Waals surface area contributed by atoms with Crippen LogP contribution in [-0.4, -0.2) is 36.3 Å². The van der Waals surface area contributed by atoms with Crippen molar-refractivity contribution in [3.63, 3.8) is 0 Å². The molecule has 5 heteroatoms. The Kier molecular flexibility index (Phi) is 6.73. The monoisotopic (exact) mass is 308 g/mol. The second-order valence-corrected chi connectivity index (χ2v) is 6.54. The highest BCUT2D eigenvalue weighted by molar-refractivity contribution is 7.09. The normalized spacial score (nSPS) is 15.0. The fraction of sp³-hybridized carbons (Fsp3) is 0.625. The van der Waals surface area contributed by atoms with E-state index in [0.717, 1.165) is 45.2 Å². The molecule has 0 atom stereocenters. The van der Waals surface area contributed by atoms with Gasteiger partial charge >= 0.3 is 0 Å². The average Bonchev–Trinajstić information content (AvgIpc) is 3.03. The van der Waals surface area contributed by atoms with Crippen molar-refractivity contribution < 1.29 is 9.59 Å². The van der Waals surface area contributed by atoms with E-state index in [0.29, 0.717) is 6.42 Å². The summed E-state index contributed by atoms with van der Waals surface area (Å²) in [4.78, 5) is 26.8. The van der Waals surface area contributed by atoms with Crippen molar-refractivity contribution in [3.8, 4) is 0 Å². The minimum Gasteiger partial charge on any atom is -0.347 e. The molecule has 0 aliphatic carbocycles. The zero-order valence-corrected chi connectivity index (χ0v) is 13.3. The minimum absolute atomic E-state index is 0.00783. The number of hydrogen-bond acceptors (Lipinski definition) is 3. The summed E-state index contributed by atoms with van der Waals surface area (Å²) < 4.78 is 0. The number of unbranched alkanes of at least 4 members (excludes halogenated alkanes) is 1. The molecule has 0 aromatic carbocycles. The number of thiophene rings is 1. The summed E-state index contributed by atoms with van der Waals surface area (Å²) in [6.07, 6.45) is 6.83. The number of nitrogens with one attached hydrogen (secondary N) is 1. The fourth-order valence-electron chi connectivity index (χ4n) is 2.56. The van der Waals surface area contributed by atoms with Gasteiger partial charge in [-0.15, -0.1) is 11.3 Å². The van der Waals surface area contributed by atoms with Crippen LogP contribution in [0.5, 0.6) is 0 Å². The lowest BCUT2D eigenvalue weighted by Gasteiger charge is -2.26. The number of hydrogen-bond donors (Lipinski definition) is 1. The Hall–Kier alpha value is -1.36. The van der Waals surface area contributed by atoms with Gasteiger partial charge in [-0.3, -0.25) is 9.59 Å². The van der Waals surface area contributed by atoms with Crippen molar-refractivity contribution in [2.75, 3.05) is 19.6 Å². The maximum atomic E-state index is 11.9. The van der Waals surface area contributed by atoms with Crippen LogP contribution in [0.15, 0.2) is 17.5 Å². The lowest BCUT2D eigenvalue weighted by atomic mass is 10.1. The smallest absolute Gasteiger partial charge is 0.241 e. The molecule has 0 unspecified atom stereocenters. The number of carbonyl (C=O) groups excluding carboxylic acids is 2. The molecule has 116 valence electrons. The molecule has 1 aromatic rings. The van der Waals surface area contributed by atoms with Crippen molar-refractivity contribution >= 4 is 23.2 Å². The Morgan fingerprint density at radius 1 is 1.19 bits per heavy atom. The van der Waals surface area contributed by atoms with E-state index < -0.39 is 0 Å². The largest absolute Gasteiger partial charge is 0.347 e. The maximum absolute atomic E-state index is 11.9. The molecule has 0 radical (unpaired) electrons. The number of nitrogens with zero attached hydrogens (tertiary/aromatic N) is 1. The molecule has 1 aromatic heterocycles. The second kappa shape index (κ2) is 8.82. The van der Waals surface area contributed by atoms with Crippen molar-refractivity contribution in [1.82, 2.24) is 10.2 Å². The standard InChI is InChI=1S/C16H24N2O2S/c19-15(9-3-2-7-14-8-6-12-21-14)17-13-16(20)18-10-4-1-5-11-18/h6,8,12H,1-5,7,9-11,13H2,(H,17,19). The summed E-state index contributed by atoms with van der Waals surface area (Å²) in [6, 6.07) is 4.18. The third-order valence-corrected chi connectivity index (χ3v) is 4.74. The van der Waals surface area contributed by atoms with Crippen LogP contribution in [0.4, 0.5) is 0 Å². The van der Waals surface area contributed by atoms with E-state index in [1.165, 1.54) is 11.3 Å². The molecular weight excluding hydrogens is 284 g/mol. The molecule has 0 spiro atoms. The van der Waals surface area contributed by atoms with Gasteiger partial charge in [0.2, 0.25) is 11.8 Å². The van der Waals surface area contributed by atoms with Crippen LogP contribution in [0.2, 0.25) is 0 Å². The summed E-state index contributed by atoms with van der Waals surface area (Å²) in [6.45, 7) is 1.84. The van der Waals surface area contributed by atoms with Crippen LogP contribution in [-0.2, 0) is 16.0 Å². The molecule has 2 heterocycles. The molecule has 0 bridgehead atoms. The summed E-state index contributed by atoms with van der Waals surface area (Å²) in [5.41, 5.74) is 0. The SMILES string of the molecule is O=C(CCCCc1cccs1)NCC(=O)N1CCCCC1. The molecule has 0 saturated carbocycles. The van der Waals surface area contributed by atoms with E-state index in [1.807, 2.05) is 4.90 Å². The van der Waals surface area contributed by atoms with Gasteiger partial charge in [-0.1, -0.05) is 6.07 Å². The van der Waals surface area contributed by atoms with Gasteiger partial charge in [-0.25, -0.2) is 0 Å². The number of piperidine rings is 1. The predicted molar refractivity (Wildman–Crippen MR) is 85.3 cm³/mol. The minimum atomic E-state index is -0.00783. The van der Waals surface area contributed by atoms with Gasteiger partial charge in [-0.05, 0) is 50.0 Å². The number of rotatable bonds is 7. The molecule has 2 rings (SSSR count). The van der Waals surface area contributed by atoms with Gasteiger partial charge in [0.25, 0.3) is 0 Å². The highest BCUT2D eigenvalue weighted by atomic mass is 32.1. The topological polar surface area (TPSA) is 49.4 Å². The van der Waals surface area contributed by atoms with Gasteiger partial charge in [0.15, 0.2) is 0 Å². The Bertz CT molecular complexity index is 439. The number of carbonyl (C=O) groups is 2. The summed E-state index contributed by atoms with van der Waals surface area (Å²) in [5.74, 6) is 0.0492. The third kappa shape index (κ3) is 5.87. The van der Waals surface area contributed by atoms with Crippen molar-refractivity contribution in [2.45, 2.75) is 44.9 Å². The second-order valence-electron chi connectivity index (χ2n) is 5.50. The molecule has 1 aliphatic rings. The molecule has 4 nitrogen and oxygen atoms in total. The molecular formula is C16H24N2O2S. The van der Waals surface area contributed by atoms with Crippen molar-refractivity contribution in [2.24, 2.45) is 0 Å². The quantitative estimate of drug-likeness (QED) is 0.787. The predicted octanol–water partition coefficient (Wildman–Crippen LogP) is 2.59. The summed E-state index contributed by atoms with van der Waals surface area (Å²) >= 11 is 1.76. The third-order valence-electron chi connectivity index (χ3n) is 3.80. The molecule has 1 fully saturated rings. The van der Waals surface area contributed by atoms with Gasteiger partial charge in [0, 0.05) is 24.4 Å². The lowest BCUT2D eigenvalue weighted by molar-refractivity contribution is -0.133. The van der Waals surface area contributed by atoms with E-state index in [-0.39, 0.29) is 18.4 Å². The first-order chi connectivity index (χ1) is 10.3. The zero-order valence-electron chi connectivity index (χ0n) is 12.5. The molecule has 21 heavy (non-hydrogen) atoms. The first-order valence-corrected chi connectivity index (χ1v) is 8.70. The number of aryl methyl sites for hydroxylation is 1. The highest BCUT2D eigenvalue weighted by Crippen LogP contribution is 2.12. The Morgan fingerprint density at radius 2 is 2.00 bits per heavy atom. The first-order valence-electron chi connectivity index (χ1n) is 7.82. The van der Waals surface area contributed by atoms with Gasteiger partial charge in [-0.2, -0.15) is 0 Å². The Balaban J connectivity index is 1.53. The fourth-order valence-corrected chi connectivity index (χ4v) is 3.31. The Labute approximate surface area is 130 Å². The van der Waals surface area contributed by atoms with Crippen LogP contribution in [0.25, 0.3) is 0 Å². The summed E-state index contributed by atoms with van der Waals surface area (Å²) in [7, 11) is 0. The van der Waals surface area contributed by atoms with E-state index in [9.17, 15) is 9.59 Å². The van der Waals surface area contributed by atoms with Crippen LogP contribution in [0.1, 0.15) is 43.4 Å². The average molecular weight is 308 g/mol. The lowest BCUT2D eigenvalue weighted by Crippen LogP contribution is -2.42. The highest BCUT2D eigenvalue weighted by Gasteiger charge is 2.16. The zero-order chi connectivity index (χ0) is 14.9. The van der Waals surface area contributed by atoms with Crippen LogP contribution >= 0.6 is 11.3 Å². The van der Waals surface area contributed by atoms with Crippen LogP contribution in [0, 0.1) is 0 Å². The van der Waals surface area contributed by atoms with E-state index in [2.05, 4.69) is 22.8 Å². The van der Waals surface area contributed by atoms with Crippen molar-refractivity contribution in [3.05, 3.63) is 22.4 Å². The van der Waals surface area contributed by atoms with Crippen molar-refractivity contribution in [1.29, 1.82) is 0 Å². The van der Waals surface area contributed by atoms with Crippen LogP contribution in [0.3, 0.4) is 0 Å². The summed E-state index contributed by atoms with van der Waals surface area (Å²) in [5, 5.41) is 4.82. The van der Waals surface area contributed by atoms with Gasteiger partial charge in [0.1, 0.15) is 0 Å². The maximum Gasteiger partial charge on any atom is 0.241 e. The molecule has 1 N–H and O–H groups in total. The van der Waals surface area contributed by atoms with E-state index in [4.69, 9.17) is 0 Å². The van der Waals surface area contributed by atoms with E-state index in [1.54, 1.807) is 11.3 Å². The van der Waals surface area contributed by atoms with E-state index >= 15 is 0 Å². The Morgan fingerprint density at radius 3 is 2.71 bits per heavy atom. The molecule has 1 aliphatic heterocycles.